The maximum Gasteiger partial charge on any atom is 0.173 e. The Labute approximate surface area is 175 Å². The van der Waals surface area contributed by atoms with E-state index >= 15 is 0 Å². The van der Waals surface area contributed by atoms with Crippen LogP contribution in [0.2, 0.25) is 0 Å². The quantitative estimate of drug-likeness (QED) is 0.655. The fraction of sp³-hybridized carbons (Fsp3) is 0.409. The van der Waals surface area contributed by atoms with Crippen LogP contribution < -0.4 is 4.90 Å². The van der Waals surface area contributed by atoms with Crippen LogP contribution in [0.25, 0.3) is 0 Å². The van der Waals surface area contributed by atoms with E-state index in [1.807, 2.05) is 37.6 Å². The lowest BCUT2D eigenvalue weighted by molar-refractivity contribution is 0.191. The van der Waals surface area contributed by atoms with Crippen LogP contribution in [0, 0.1) is 11.6 Å². The first-order valence-electron chi connectivity index (χ1n) is 10.1. The van der Waals surface area contributed by atoms with Crippen molar-refractivity contribution in [2.24, 2.45) is 0 Å². The number of benzene rings is 2. The van der Waals surface area contributed by atoms with E-state index in [1.165, 1.54) is 18.2 Å². The molecule has 30 heavy (non-hydrogen) atoms. The lowest BCUT2D eigenvalue weighted by Crippen LogP contribution is -2.49. The third kappa shape index (κ3) is 4.05. The normalized spacial score (nSPS) is 16.6. The molecule has 1 saturated heterocycles. The molecule has 6 nitrogen and oxygen atoms in total. The molecule has 0 spiro atoms. The van der Waals surface area contributed by atoms with Gasteiger partial charge in [0.2, 0.25) is 0 Å². The van der Waals surface area contributed by atoms with Crippen LogP contribution in [-0.4, -0.2) is 51.3 Å². The first kappa shape index (κ1) is 20.4. The number of para-hydroxylation sites is 1. The Kier molecular flexibility index (Phi) is 5.51. The van der Waals surface area contributed by atoms with Gasteiger partial charge in [-0.15, -0.1) is 5.10 Å². The van der Waals surface area contributed by atoms with Crippen molar-refractivity contribution in [2.75, 3.05) is 31.1 Å². The molecule has 0 saturated carbocycles. The van der Waals surface area contributed by atoms with Crippen LogP contribution in [0.3, 0.4) is 0 Å². The second-order valence-corrected chi connectivity index (χ2v) is 8.55. The van der Waals surface area contributed by atoms with Gasteiger partial charge in [0.1, 0.15) is 11.6 Å². The Morgan fingerprint density at radius 2 is 1.57 bits per heavy atom. The van der Waals surface area contributed by atoms with Crippen molar-refractivity contribution in [1.29, 1.82) is 0 Å². The number of hydrogen-bond donors (Lipinski definition) is 0. The van der Waals surface area contributed by atoms with E-state index in [1.54, 1.807) is 18.2 Å². The van der Waals surface area contributed by atoms with Crippen LogP contribution in [0.1, 0.15) is 38.2 Å². The fourth-order valence-electron chi connectivity index (χ4n) is 3.94. The van der Waals surface area contributed by atoms with Crippen molar-refractivity contribution >= 4 is 5.69 Å². The zero-order valence-corrected chi connectivity index (χ0v) is 17.5. The second-order valence-electron chi connectivity index (χ2n) is 8.55. The predicted octanol–water partition coefficient (Wildman–Crippen LogP) is 3.62. The van der Waals surface area contributed by atoms with Gasteiger partial charge < -0.3 is 4.90 Å². The van der Waals surface area contributed by atoms with Gasteiger partial charge in [0, 0.05) is 26.2 Å². The highest BCUT2D eigenvalue weighted by molar-refractivity contribution is 5.48. The Morgan fingerprint density at radius 1 is 0.900 bits per heavy atom. The Balaban J connectivity index is 1.64. The number of nitrogens with zero attached hydrogens (tertiary/aromatic N) is 6. The van der Waals surface area contributed by atoms with E-state index in [4.69, 9.17) is 0 Å². The van der Waals surface area contributed by atoms with Crippen LogP contribution >= 0.6 is 0 Å². The molecule has 0 radical (unpaired) electrons. The number of aromatic nitrogens is 4. The van der Waals surface area contributed by atoms with Crippen molar-refractivity contribution in [3.8, 4) is 0 Å². The molecule has 1 fully saturated rings. The first-order chi connectivity index (χ1) is 14.3. The topological polar surface area (TPSA) is 50.1 Å². The maximum absolute atomic E-state index is 14.2. The van der Waals surface area contributed by atoms with Crippen molar-refractivity contribution in [1.82, 2.24) is 25.1 Å². The Hall–Kier alpha value is -2.87. The minimum Gasteiger partial charge on any atom is -0.367 e. The third-order valence-corrected chi connectivity index (χ3v) is 5.43. The zero-order valence-electron chi connectivity index (χ0n) is 17.5. The highest BCUT2D eigenvalue weighted by atomic mass is 19.1. The summed E-state index contributed by atoms with van der Waals surface area (Å²) >= 11 is 0. The predicted molar refractivity (Wildman–Crippen MR) is 111 cm³/mol. The summed E-state index contributed by atoms with van der Waals surface area (Å²) in [6.45, 7) is 8.90. The summed E-state index contributed by atoms with van der Waals surface area (Å²) < 4.78 is 29.6. The molecule has 4 rings (SSSR count). The van der Waals surface area contributed by atoms with Crippen LogP contribution in [0.15, 0.2) is 48.5 Å². The molecule has 2 aromatic carbocycles. The van der Waals surface area contributed by atoms with Gasteiger partial charge in [-0.05, 0) is 61.0 Å². The molecule has 3 aromatic rings. The van der Waals surface area contributed by atoms with Crippen molar-refractivity contribution in [3.63, 3.8) is 0 Å². The molecular weight excluding hydrogens is 386 g/mol. The van der Waals surface area contributed by atoms with E-state index in [9.17, 15) is 8.78 Å². The standard InChI is InChI=1S/C22H26F2N6/c1-22(2,3)30-21(25-26-27-30)20(16-8-10-17(23)11-9-16)29-14-12-28(13-15-29)19-7-5-4-6-18(19)24/h4-11,20H,12-15H2,1-3H3. The largest absolute Gasteiger partial charge is 0.367 e. The van der Waals surface area contributed by atoms with Gasteiger partial charge in [-0.25, -0.2) is 13.5 Å². The molecule has 0 N–H and O–H groups in total. The van der Waals surface area contributed by atoms with Crippen LogP contribution in [-0.2, 0) is 5.54 Å². The third-order valence-electron chi connectivity index (χ3n) is 5.43. The summed E-state index contributed by atoms with van der Waals surface area (Å²) in [6, 6.07) is 13.1. The Bertz CT molecular complexity index is 987. The van der Waals surface area contributed by atoms with Crippen LogP contribution in [0.4, 0.5) is 14.5 Å². The molecule has 1 atom stereocenters. The monoisotopic (exact) mass is 412 g/mol. The summed E-state index contributed by atoms with van der Waals surface area (Å²) in [7, 11) is 0. The van der Waals surface area contributed by atoms with E-state index in [2.05, 4.69) is 25.3 Å². The lowest BCUT2D eigenvalue weighted by Gasteiger charge is -2.40. The maximum atomic E-state index is 14.2. The Morgan fingerprint density at radius 3 is 2.20 bits per heavy atom. The molecule has 0 bridgehead atoms. The van der Waals surface area contributed by atoms with Crippen molar-refractivity contribution in [2.45, 2.75) is 32.4 Å². The number of hydrogen-bond acceptors (Lipinski definition) is 5. The number of rotatable bonds is 4. The van der Waals surface area contributed by atoms with Crippen LogP contribution in [0.5, 0.6) is 0 Å². The summed E-state index contributed by atoms with van der Waals surface area (Å²) in [6.07, 6.45) is 0. The van der Waals surface area contributed by atoms with E-state index in [-0.39, 0.29) is 23.2 Å². The van der Waals surface area contributed by atoms with Gasteiger partial charge in [0.05, 0.1) is 17.3 Å². The number of halogens is 2. The van der Waals surface area contributed by atoms with Gasteiger partial charge in [0.25, 0.3) is 0 Å². The SMILES string of the molecule is CC(C)(C)n1nnnc1C(c1ccc(F)cc1)N1CCN(c2ccccc2F)CC1. The van der Waals surface area contributed by atoms with Gasteiger partial charge in [-0.1, -0.05) is 24.3 Å². The molecule has 1 aliphatic rings. The van der Waals surface area contributed by atoms with Crippen molar-refractivity contribution in [3.05, 3.63) is 71.6 Å². The van der Waals surface area contributed by atoms with Gasteiger partial charge in [-0.2, -0.15) is 0 Å². The second kappa shape index (κ2) is 8.10. The minimum absolute atomic E-state index is 0.210. The molecular formula is C22H26F2N6. The van der Waals surface area contributed by atoms with Crippen molar-refractivity contribution < 1.29 is 8.78 Å². The average molecular weight is 412 g/mol. The highest BCUT2D eigenvalue weighted by Crippen LogP contribution is 2.31. The molecule has 1 unspecified atom stereocenters. The summed E-state index contributed by atoms with van der Waals surface area (Å²) in [5.74, 6) is 0.225. The fourth-order valence-corrected chi connectivity index (χ4v) is 3.94. The molecule has 1 aromatic heterocycles. The molecule has 1 aliphatic heterocycles. The number of tetrazole rings is 1. The molecule has 0 amide bonds. The molecule has 8 heteroatoms. The van der Waals surface area contributed by atoms with Gasteiger partial charge in [-0.3, -0.25) is 4.90 Å². The van der Waals surface area contributed by atoms with E-state index in [0.717, 1.165) is 5.56 Å². The molecule has 158 valence electrons. The van der Waals surface area contributed by atoms with E-state index in [0.29, 0.717) is 37.7 Å². The number of piperazine rings is 1. The molecule has 2 heterocycles. The first-order valence-corrected chi connectivity index (χ1v) is 10.1. The summed E-state index contributed by atoms with van der Waals surface area (Å²) in [4.78, 5) is 4.33. The zero-order chi connectivity index (χ0) is 21.3. The lowest BCUT2D eigenvalue weighted by atomic mass is 10.0. The smallest absolute Gasteiger partial charge is 0.173 e. The van der Waals surface area contributed by atoms with Gasteiger partial charge in [0.15, 0.2) is 5.82 Å². The summed E-state index contributed by atoms with van der Waals surface area (Å²) in [5.41, 5.74) is 1.25. The van der Waals surface area contributed by atoms with E-state index < -0.39 is 0 Å². The van der Waals surface area contributed by atoms with Gasteiger partial charge >= 0.3 is 0 Å². The average Bonchev–Trinajstić information content (AvgIpc) is 3.21. The number of anilines is 1. The minimum atomic E-state index is -0.300. The summed E-state index contributed by atoms with van der Waals surface area (Å²) in [5, 5.41) is 12.5. The highest BCUT2D eigenvalue weighted by Gasteiger charge is 2.33. The molecule has 0 aliphatic carbocycles.